The van der Waals surface area contributed by atoms with E-state index in [-0.39, 0.29) is 23.4 Å². The van der Waals surface area contributed by atoms with Gasteiger partial charge in [0, 0.05) is 35.7 Å². The number of nitrogens with one attached hydrogen (secondary N) is 2. The zero-order chi connectivity index (χ0) is 22.9. The van der Waals surface area contributed by atoms with E-state index >= 15 is 0 Å². The largest absolute Gasteiger partial charge is 0.494 e. The number of aromatic hydroxyl groups is 1. The van der Waals surface area contributed by atoms with Gasteiger partial charge in [-0.05, 0) is 58.2 Å². The number of amides is 1. The predicted octanol–water partition coefficient (Wildman–Crippen LogP) is 4.48. The second-order valence-electron chi connectivity index (χ2n) is 8.88. The highest BCUT2D eigenvalue weighted by Crippen LogP contribution is 2.31. The first-order chi connectivity index (χ1) is 15.3. The molecule has 0 radical (unpaired) electrons. The van der Waals surface area contributed by atoms with E-state index in [2.05, 4.69) is 29.2 Å². The van der Waals surface area contributed by atoms with Gasteiger partial charge in [0.15, 0.2) is 5.88 Å². The third kappa shape index (κ3) is 4.41. The molecule has 1 fully saturated rings. The van der Waals surface area contributed by atoms with E-state index in [0.717, 1.165) is 41.8 Å². The lowest BCUT2D eigenvalue weighted by molar-refractivity contribution is 0.0206. The number of ether oxygens (including phenoxy) is 1. The van der Waals surface area contributed by atoms with Crippen LogP contribution in [0.1, 0.15) is 68.9 Å². The van der Waals surface area contributed by atoms with Crippen molar-refractivity contribution in [3.63, 3.8) is 0 Å². The number of H-pyrrole nitrogens is 1. The van der Waals surface area contributed by atoms with E-state index in [9.17, 15) is 9.90 Å². The fraction of sp³-hybridized carbons (Fsp3) is 0.458. The van der Waals surface area contributed by atoms with Crippen LogP contribution in [-0.4, -0.2) is 50.2 Å². The molecule has 8 nitrogen and oxygen atoms in total. The molecule has 3 N–H and O–H groups in total. The monoisotopic (exact) mass is 437 g/mol. The fourth-order valence-electron chi connectivity index (χ4n) is 4.09. The predicted molar refractivity (Wildman–Crippen MR) is 125 cm³/mol. The molecule has 1 saturated heterocycles. The summed E-state index contributed by atoms with van der Waals surface area (Å²) in [7, 11) is 0. The summed E-state index contributed by atoms with van der Waals surface area (Å²) in [5.74, 6) is -0.121. The Morgan fingerprint density at radius 3 is 2.91 bits per heavy atom. The molecule has 0 spiro atoms. The van der Waals surface area contributed by atoms with Gasteiger partial charge in [0.2, 0.25) is 0 Å². The van der Waals surface area contributed by atoms with Gasteiger partial charge in [-0.2, -0.15) is 5.10 Å². The molecule has 1 aliphatic rings. The number of rotatable bonds is 7. The quantitative estimate of drug-likeness (QED) is 0.474. The minimum absolute atomic E-state index is 0.0428. The molecule has 1 atom stereocenters. The Bertz CT molecular complexity index is 1150. The average Bonchev–Trinajstić information content (AvgIpc) is 3.48. The van der Waals surface area contributed by atoms with Crippen molar-refractivity contribution in [1.82, 2.24) is 20.1 Å². The lowest BCUT2D eigenvalue weighted by Gasteiger charge is -2.23. The van der Waals surface area contributed by atoms with Crippen LogP contribution in [-0.2, 0) is 4.74 Å². The van der Waals surface area contributed by atoms with E-state index in [1.807, 2.05) is 30.8 Å². The van der Waals surface area contributed by atoms with Gasteiger partial charge in [0.1, 0.15) is 5.69 Å². The molecule has 32 heavy (non-hydrogen) atoms. The summed E-state index contributed by atoms with van der Waals surface area (Å²) in [6, 6.07) is 5.61. The molecule has 4 rings (SSSR count). The highest BCUT2D eigenvalue weighted by Gasteiger charge is 2.30. The first kappa shape index (κ1) is 22.1. The second-order valence-corrected chi connectivity index (χ2v) is 8.88. The van der Waals surface area contributed by atoms with E-state index in [0.29, 0.717) is 24.1 Å². The van der Waals surface area contributed by atoms with Gasteiger partial charge in [-0.25, -0.2) is 4.99 Å². The number of nitrogens with zero attached hydrogens (tertiary/aromatic N) is 3. The molecule has 170 valence electrons. The van der Waals surface area contributed by atoms with Crippen LogP contribution in [0.5, 0.6) is 5.88 Å². The summed E-state index contributed by atoms with van der Waals surface area (Å²) in [6.45, 7) is 9.33. The van der Waals surface area contributed by atoms with Crippen molar-refractivity contribution in [2.75, 3.05) is 13.2 Å². The molecule has 1 aliphatic heterocycles. The van der Waals surface area contributed by atoms with Crippen molar-refractivity contribution in [3.05, 3.63) is 41.7 Å². The summed E-state index contributed by atoms with van der Waals surface area (Å²) in [6.07, 6.45) is 6.16. The molecule has 2 aromatic heterocycles. The van der Waals surface area contributed by atoms with E-state index in [1.165, 1.54) is 0 Å². The number of fused-ring (bicyclic) bond motifs is 1. The highest BCUT2D eigenvalue weighted by molar-refractivity contribution is 6.14. The van der Waals surface area contributed by atoms with Crippen molar-refractivity contribution >= 4 is 28.2 Å². The van der Waals surface area contributed by atoms with Crippen LogP contribution >= 0.6 is 0 Å². The Morgan fingerprint density at radius 1 is 1.44 bits per heavy atom. The van der Waals surface area contributed by atoms with Gasteiger partial charge in [-0.1, -0.05) is 6.92 Å². The van der Waals surface area contributed by atoms with Crippen LogP contribution < -0.4 is 5.32 Å². The smallest absolute Gasteiger partial charge is 0.251 e. The Hall–Kier alpha value is -3.13. The van der Waals surface area contributed by atoms with Gasteiger partial charge in [0.25, 0.3) is 5.91 Å². The number of aromatic amines is 1. The molecule has 8 heteroatoms. The van der Waals surface area contributed by atoms with Gasteiger partial charge in [-0.15, -0.1) is 0 Å². The lowest BCUT2D eigenvalue weighted by atomic mass is 10.0. The van der Waals surface area contributed by atoms with Gasteiger partial charge < -0.3 is 20.1 Å². The summed E-state index contributed by atoms with van der Waals surface area (Å²) in [5, 5.41) is 18.7. The number of benzene rings is 1. The first-order valence-corrected chi connectivity index (χ1v) is 11.2. The fourth-order valence-corrected chi connectivity index (χ4v) is 4.09. The molecule has 1 aromatic carbocycles. The van der Waals surface area contributed by atoms with Crippen molar-refractivity contribution in [2.45, 2.75) is 58.6 Å². The molecular weight excluding hydrogens is 406 g/mol. The standard InChI is InChI=1S/C24H31N5O3/c1-5-19(27-17-12-26-29(13-17)15(2)3)21-18-11-16(7-8-20(18)28-23(21)31)22(30)25-14-24(4)9-6-10-32-24/h7-8,11-13,15,28,31H,5-6,9-10,14H2,1-4H3,(H,25,30). The van der Waals surface area contributed by atoms with Crippen LogP contribution in [0.4, 0.5) is 5.69 Å². The van der Waals surface area contributed by atoms with Crippen molar-refractivity contribution in [3.8, 4) is 5.88 Å². The Morgan fingerprint density at radius 2 is 2.25 bits per heavy atom. The number of hydrogen-bond donors (Lipinski definition) is 3. The molecule has 1 amide bonds. The SMILES string of the molecule is CCC(=Nc1cnn(C(C)C)c1)c1c(O)[nH]c2ccc(C(=O)NCC3(C)CCCO3)cc12. The van der Waals surface area contributed by atoms with Crippen LogP contribution in [0.2, 0.25) is 0 Å². The maximum atomic E-state index is 12.8. The van der Waals surface area contributed by atoms with E-state index in [1.54, 1.807) is 18.3 Å². The minimum Gasteiger partial charge on any atom is -0.494 e. The molecule has 3 heterocycles. The third-order valence-electron chi connectivity index (χ3n) is 5.97. The summed E-state index contributed by atoms with van der Waals surface area (Å²) in [4.78, 5) is 20.6. The van der Waals surface area contributed by atoms with Gasteiger partial charge >= 0.3 is 0 Å². The number of carbonyl (C=O) groups excluding carboxylic acids is 1. The maximum Gasteiger partial charge on any atom is 0.251 e. The van der Waals surface area contributed by atoms with Gasteiger partial charge in [-0.3, -0.25) is 9.48 Å². The Balaban J connectivity index is 1.64. The molecule has 0 bridgehead atoms. The number of carbonyl (C=O) groups is 1. The topological polar surface area (TPSA) is 105 Å². The van der Waals surface area contributed by atoms with E-state index < -0.39 is 0 Å². The van der Waals surface area contributed by atoms with Crippen molar-refractivity contribution in [2.24, 2.45) is 4.99 Å². The molecular formula is C24H31N5O3. The van der Waals surface area contributed by atoms with Crippen LogP contribution in [0.25, 0.3) is 10.9 Å². The van der Waals surface area contributed by atoms with Gasteiger partial charge in [0.05, 0.1) is 29.3 Å². The molecule has 3 aromatic rings. The number of aliphatic imine (C=N–C) groups is 1. The van der Waals surface area contributed by atoms with Crippen LogP contribution in [0, 0.1) is 0 Å². The normalized spacial score (nSPS) is 19.2. The second kappa shape index (κ2) is 8.78. The van der Waals surface area contributed by atoms with Crippen LogP contribution in [0.15, 0.2) is 35.6 Å². The molecule has 0 aliphatic carbocycles. The first-order valence-electron chi connectivity index (χ1n) is 11.2. The van der Waals surface area contributed by atoms with Crippen molar-refractivity contribution in [1.29, 1.82) is 0 Å². The number of hydrogen-bond acceptors (Lipinski definition) is 5. The minimum atomic E-state index is -0.306. The lowest BCUT2D eigenvalue weighted by Crippen LogP contribution is -2.40. The zero-order valence-electron chi connectivity index (χ0n) is 19.1. The summed E-state index contributed by atoms with van der Waals surface area (Å²) >= 11 is 0. The van der Waals surface area contributed by atoms with Crippen LogP contribution in [0.3, 0.4) is 0 Å². The highest BCUT2D eigenvalue weighted by atomic mass is 16.5. The summed E-state index contributed by atoms with van der Waals surface area (Å²) < 4.78 is 7.61. The van der Waals surface area contributed by atoms with Crippen molar-refractivity contribution < 1.29 is 14.6 Å². The Kier molecular flexibility index (Phi) is 6.06. The third-order valence-corrected chi connectivity index (χ3v) is 5.97. The maximum absolute atomic E-state index is 12.8. The molecule has 0 saturated carbocycles. The average molecular weight is 438 g/mol. The summed E-state index contributed by atoms with van der Waals surface area (Å²) in [5.41, 5.74) is 3.03. The molecule has 1 unspecified atom stereocenters. The zero-order valence-corrected chi connectivity index (χ0v) is 19.1. The number of aromatic nitrogens is 3. The Labute approximate surface area is 187 Å². The van der Waals surface area contributed by atoms with E-state index in [4.69, 9.17) is 9.73 Å².